The van der Waals surface area contributed by atoms with Gasteiger partial charge in [0.25, 0.3) is 0 Å². The number of nitrogens with zero attached hydrogens (tertiary/aromatic N) is 2. The fourth-order valence-corrected chi connectivity index (χ4v) is 6.82. The molecule has 0 aliphatic rings. The van der Waals surface area contributed by atoms with Crippen LogP contribution in [-0.4, -0.2) is 21.5 Å². The number of amidine groups is 2. The summed E-state index contributed by atoms with van der Waals surface area (Å²) in [5, 5.41) is 21.8. The van der Waals surface area contributed by atoms with Crippen molar-refractivity contribution in [2.24, 2.45) is 0 Å². The zero-order valence-corrected chi connectivity index (χ0v) is 33.4. The van der Waals surface area contributed by atoms with Gasteiger partial charge in [0, 0.05) is 39.0 Å². The van der Waals surface area contributed by atoms with Crippen LogP contribution in [0.4, 0.5) is 0 Å². The topological polar surface area (TPSA) is 54.2 Å². The SMILES string of the molecule is N=C(CCCCCCCCC(=N)N(Cc1ccc(Cl)c(Cl)c1)Cc1ccc(Cl)c(Cl)c1)N(Cc1ccc(Cl)c(Cl)c1)Cc1ccc(Cl)c(Cl)c1. The van der Waals surface area contributed by atoms with Gasteiger partial charge in [-0.2, -0.15) is 0 Å². The number of benzene rings is 4. The van der Waals surface area contributed by atoms with Gasteiger partial charge in [0.1, 0.15) is 0 Å². The normalized spacial score (nSPS) is 11.1. The van der Waals surface area contributed by atoms with Crippen molar-refractivity contribution in [3.8, 4) is 0 Å². The van der Waals surface area contributed by atoms with E-state index < -0.39 is 0 Å². The van der Waals surface area contributed by atoms with E-state index >= 15 is 0 Å². The molecule has 0 saturated carbocycles. The van der Waals surface area contributed by atoms with Crippen LogP contribution in [0, 0.1) is 10.8 Å². The van der Waals surface area contributed by atoms with E-state index in [0.717, 1.165) is 60.8 Å². The first-order chi connectivity index (χ1) is 23.9. The van der Waals surface area contributed by atoms with Crippen LogP contribution in [0.1, 0.15) is 73.6 Å². The average Bonchev–Trinajstić information content (AvgIpc) is 3.08. The van der Waals surface area contributed by atoms with Crippen LogP contribution in [0.5, 0.6) is 0 Å². The number of rotatable bonds is 17. The molecule has 0 bridgehead atoms. The molecule has 0 atom stereocenters. The van der Waals surface area contributed by atoms with E-state index in [9.17, 15) is 0 Å². The zero-order valence-electron chi connectivity index (χ0n) is 27.3. The van der Waals surface area contributed by atoms with E-state index in [1.807, 2.05) is 58.3 Å². The predicted octanol–water partition coefficient (Wildman–Crippen LogP) is 14.7. The van der Waals surface area contributed by atoms with Crippen molar-refractivity contribution in [1.29, 1.82) is 10.8 Å². The van der Waals surface area contributed by atoms with E-state index in [2.05, 4.69) is 0 Å². The third-order valence-electron chi connectivity index (χ3n) is 8.27. The molecule has 4 nitrogen and oxygen atoms in total. The molecule has 266 valence electrons. The highest BCUT2D eigenvalue weighted by Crippen LogP contribution is 2.28. The first-order valence-corrected chi connectivity index (χ1v) is 19.3. The summed E-state index contributed by atoms with van der Waals surface area (Å²) >= 11 is 49.7. The Morgan fingerprint density at radius 3 is 0.840 bits per heavy atom. The van der Waals surface area contributed by atoms with Gasteiger partial charge in [0.2, 0.25) is 0 Å². The van der Waals surface area contributed by atoms with Crippen molar-refractivity contribution < 1.29 is 0 Å². The summed E-state index contributed by atoms with van der Waals surface area (Å²) in [7, 11) is 0. The summed E-state index contributed by atoms with van der Waals surface area (Å²) in [6, 6.07) is 22.2. The lowest BCUT2D eigenvalue weighted by Gasteiger charge is -2.26. The Morgan fingerprint density at radius 2 is 0.600 bits per heavy atom. The molecule has 50 heavy (non-hydrogen) atoms. The van der Waals surface area contributed by atoms with Gasteiger partial charge in [-0.1, -0.05) is 143 Å². The van der Waals surface area contributed by atoms with Crippen molar-refractivity contribution in [2.45, 2.75) is 77.5 Å². The van der Waals surface area contributed by atoms with Crippen LogP contribution in [0.25, 0.3) is 0 Å². The van der Waals surface area contributed by atoms with Crippen molar-refractivity contribution in [3.63, 3.8) is 0 Å². The molecule has 4 aromatic carbocycles. The van der Waals surface area contributed by atoms with Gasteiger partial charge in [0.15, 0.2) is 0 Å². The summed E-state index contributed by atoms with van der Waals surface area (Å²) in [6.07, 6.45) is 7.32. The van der Waals surface area contributed by atoms with Crippen molar-refractivity contribution in [2.75, 3.05) is 0 Å². The Bertz CT molecular complexity index is 1540. The second-order valence-electron chi connectivity index (χ2n) is 12.2. The van der Waals surface area contributed by atoms with E-state index in [0.29, 0.717) is 90.9 Å². The lowest BCUT2D eigenvalue weighted by molar-refractivity contribution is 0.390. The minimum Gasteiger partial charge on any atom is -0.352 e. The number of unbranched alkanes of at least 4 members (excludes halogenated alkanes) is 5. The zero-order chi connectivity index (χ0) is 36.2. The molecule has 0 amide bonds. The maximum atomic E-state index is 8.93. The summed E-state index contributed by atoms with van der Waals surface area (Å²) in [6.45, 7) is 2.09. The molecule has 0 radical (unpaired) electrons. The Kier molecular flexibility index (Phi) is 16.7. The van der Waals surface area contributed by atoms with Gasteiger partial charge in [-0.05, 0) is 83.6 Å². The Labute approximate surface area is 335 Å². The van der Waals surface area contributed by atoms with Crippen LogP contribution >= 0.6 is 92.8 Å². The van der Waals surface area contributed by atoms with Gasteiger partial charge >= 0.3 is 0 Å². The Hall–Kier alpha value is -1.86. The van der Waals surface area contributed by atoms with E-state index in [-0.39, 0.29) is 0 Å². The highest BCUT2D eigenvalue weighted by molar-refractivity contribution is 6.43. The molecule has 0 fully saturated rings. The molecule has 12 heteroatoms. The van der Waals surface area contributed by atoms with Gasteiger partial charge < -0.3 is 9.80 Å². The Balaban J connectivity index is 1.24. The summed E-state index contributed by atoms with van der Waals surface area (Å²) in [4.78, 5) is 4.07. The third-order valence-corrected chi connectivity index (χ3v) is 11.2. The molecule has 4 rings (SSSR count). The fraction of sp³-hybridized carbons (Fsp3) is 0.316. The highest BCUT2D eigenvalue weighted by Gasteiger charge is 2.15. The monoisotopic (exact) mass is 830 g/mol. The van der Waals surface area contributed by atoms with Crippen LogP contribution in [0.15, 0.2) is 72.8 Å². The molecule has 4 aromatic rings. The van der Waals surface area contributed by atoms with E-state index in [4.69, 9.17) is 104 Å². The van der Waals surface area contributed by atoms with Gasteiger partial charge in [-0.3, -0.25) is 10.8 Å². The first-order valence-electron chi connectivity index (χ1n) is 16.3. The molecular formula is C38H38Cl8N4. The molecule has 2 N–H and O–H groups in total. The number of hydrogen-bond acceptors (Lipinski definition) is 2. The highest BCUT2D eigenvalue weighted by atomic mass is 35.5. The summed E-state index contributed by atoms with van der Waals surface area (Å²) in [5.74, 6) is 1.11. The fourth-order valence-electron chi connectivity index (χ4n) is 5.54. The lowest BCUT2D eigenvalue weighted by Crippen LogP contribution is -2.29. The summed E-state index contributed by atoms with van der Waals surface area (Å²) < 4.78 is 0. The van der Waals surface area contributed by atoms with Crippen LogP contribution in [-0.2, 0) is 26.2 Å². The second kappa shape index (κ2) is 20.4. The minimum atomic E-state index is 0.492. The van der Waals surface area contributed by atoms with Crippen molar-refractivity contribution in [3.05, 3.63) is 135 Å². The molecule has 0 unspecified atom stereocenters. The smallest absolute Gasteiger partial charge is 0.0963 e. The van der Waals surface area contributed by atoms with Crippen molar-refractivity contribution >= 4 is 104 Å². The Morgan fingerprint density at radius 1 is 0.360 bits per heavy atom. The molecular weight excluding hydrogens is 796 g/mol. The quantitative estimate of drug-likeness (QED) is 0.0632. The predicted molar refractivity (Wildman–Crippen MR) is 217 cm³/mol. The first kappa shape index (κ1) is 40.9. The largest absolute Gasteiger partial charge is 0.352 e. The maximum absolute atomic E-state index is 8.93. The molecule has 0 saturated heterocycles. The molecule has 0 aliphatic carbocycles. The molecule has 0 heterocycles. The maximum Gasteiger partial charge on any atom is 0.0963 e. The van der Waals surface area contributed by atoms with Crippen LogP contribution in [0.2, 0.25) is 40.2 Å². The van der Waals surface area contributed by atoms with Gasteiger partial charge in [0.05, 0.1) is 51.9 Å². The number of halogens is 8. The van der Waals surface area contributed by atoms with E-state index in [1.165, 1.54) is 0 Å². The number of nitrogens with one attached hydrogen (secondary N) is 2. The molecule has 0 aliphatic heterocycles. The lowest BCUT2D eigenvalue weighted by atomic mass is 10.1. The van der Waals surface area contributed by atoms with Gasteiger partial charge in [-0.15, -0.1) is 0 Å². The van der Waals surface area contributed by atoms with Crippen LogP contribution < -0.4 is 0 Å². The minimum absolute atomic E-state index is 0.492. The number of hydrogen-bond donors (Lipinski definition) is 2. The average molecular weight is 834 g/mol. The van der Waals surface area contributed by atoms with Crippen LogP contribution in [0.3, 0.4) is 0 Å². The second-order valence-corrected chi connectivity index (χ2v) is 15.5. The van der Waals surface area contributed by atoms with Crippen molar-refractivity contribution in [1.82, 2.24) is 9.80 Å². The van der Waals surface area contributed by atoms with Gasteiger partial charge in [-0.25, -0.2) is 0 Å². The summed E-state index contributed by atoms with van der Waals surface area (Å²) in [5.41, 5.74) is 3.90. The third kappa shape index (κ3) is 13.0. The molecule has 0 spiro atoms. The standard InChI is InChI=1S/C38H38Cl8N4/c39-29-13-9-25(17-33(29)43)21-49(22-26-10-14-30(40)34(44)18-26)37(47)7-5-3-1-2-4-6-8-38(48)50(23-27-11-15-31(41)35(45)19-27)24-28-12-16-32(42)36(46)20-28/h9-20,47-48H,1-8,21-24H2. The van der Waals surface area contributed by atoms with E-state index in [1.54, 1.807) is 24.3 Å². The molecule has 0 aromatic heterocycles.